The lowest BCUT2D eigenvalue weighted by Crippen LogP contribution is -2.07. The summed E-state index contributed by atoms with van der Waals surface area (Å²) in [6.07, 6.45) is 0.0886. The van der Waals surface area contributed by atoms with E-state index in [4.69, 9.17) is 4.74 Å². The maximum Gasteiger partial charge on any atom is 0.129 e. The van der Waals surface area contributed by atoms with Crippen molar-refractivity contribution in [2.45, 2.75) is 20.0 Å². The second kappa shape index (κ2) is 6.33. The van der Waals surface area contributed by atoms with E-state index >= 15 is 0 Å². The largest absolute Gasteiger partial charge is 0.490 e. The Labute approximate surface area is 150 Å². The van der Waals surface area contributed by atoms with Crippen molar-refractivity contribution in [3.05, 3.63) is 53.2 Å². The van der Waals surface area contributed by atoms with Gasteiger partial charge in [0.2, 0.25) is 0 Å². The van der Waals surface area contributed by atoms with Crippen LogP contribution in [0.4, 0.5) is 0 Å². The van der Waals surface area contributed by atoms with Gasteiger partial charge in [0.1, 0.15) is 17.1 Å². The van der Waals surface area contributed by atoms with Gasteiger partial charge >= 0.3 is 0 Å². The first-order valence-electron chi connectivity index (χ1n) is 8.26. The first-order chi connectivity index (χ1) is 12.1. The molecule has 25 heavy (non-hydrogen) atoms. The number of hydrogen-bond donors (Lipinski definition) is 0. The molecule has 0 unspecified atom stereocenters. The van der Waals surface area contributed by atoms with Crippen LogP contribution in [0.3, 0.4) is 0 Å². The molecule has 126 valence electrons. The minimum absolute atomic E-state index is 0.0886. The zero-order valence-electron chi connectivity index (χ0n) is 14.4. The van der Waals surface area contributed by atoms with Gasteiger partial charge in [0.15, 0.2) is 0 Å². The van der Waals surface area contributed by atoms with E-state index in [1.54, 1.807) is 11.3 Å². The van der Waals surface area contributed by atoms with Crippen molar-refractivity contribution in [1.29, 1.82) is 0 Å². The molecular formula is C20H19N3OS. The van der Waals surface area contributed by atoms with E-state index in [9.17, 15) is 0 Å². The third-order valence-electron chi connectivity index (χ3n) is 4.11. The number of nitrogens with zero attached hydrogens (tertiary/aromatic N) is 3. The van der Waals surface area contributed by atoms with E-state index in [2.05, 4.69) is 57.5 Å². The zero-order valence-corrected chi connectivity index (χ0v) is 15.2. The van der Waals surface area contributed by atoms with Gasteiger partial charge in [-0.25, -0.2) is 4.68 Å². The lowest BCUT2D eigenvalue weighted by molar-refractivity contribution is 0.243. The molecule has 2 heterocycles. The topological polar surface area (TPSA) is 39.9 Å². The van der Waals surface area contributed by atoms with Gasteiger partial charge in [-0.15, -0.1) is 5.10 Å². The number of hydrogen-bond acceptors (Lipinski definition) is 4. The standard InChI is InChI=1S/C20H19N3OS/c1-13(2)24-17-9-8-14-6-4-5-7-16(14)18(17)20-19(21-22-23(20)3)15-10-11-25-12-15/h4-13H,1-3H3. The Bertz CT molecular complexity index is 1020. The van der Waals surface area contributed by atoms with Crippen LogP contribution in [0.25, 0.3) is 33.3 Å². The number of fused-ring (bicyclic) bond motifs is 1. The van der Waals surface area contributed by atoms with Crippen LogP contribution in [0, 0.1) is 0 Å². The number of aromatic nitrogens is 3. The van der Waals surface area contributed by atoms with E-state index in [-0.39, 0.29) is 6.10 Å². The predicted molar refractivity (Wildman–Crippen MR) is 103 cm³/mol. The lowest BCUT2D eigenvalue weighted by atomic mass is 9.98. The molecule has 4 aromatic rings. The first kappa shape index (κ1) is 15.8. The average molecular weight is 349 g/mol. The Kier molecular flexibility index (Phi) is 4.01. The molecular weight excluding hydrogens is 330 g/mol. The van der Waals surface area contributed by atoms with Crippen molar-refractivity contribution in [1.82, 2.24) is 15.0 Å². The van der Waals surface area contributed by atoms with Crippen LogP contribution >= 0.6 is 11.3 Å². The molecule has 0 aliphatic carbocycles. The van der Waals surface area contributed by atoms with Crippen LogP contribution in [0.15, 0.2) is 53.2 Å². The number of thiophene rings is 1. The predicted octanol–water partition coefficient (Wildman–Crippen LogP) is 5.15. The molecule has 4 nitrogen and oxygen atoms in total. The zero-order chi connectivity index (χ0) is 17.4. The number of aryl methyl sites for hydroxylation is 1. The highest BCUT2D eigenvalue weighted by molar-refractivity contribution is 7.08. The average Bonchev–Trinajstić information content (AvgIpc) is 3.24. The van der Waals surface area contributed by atoms with Gasteiger partial charge in [-0.3, -0.25) is 0 Å². The van der Waals surface area contributed by atoms with Crippen LogP contribution in [0.5, 0.6) is 5.75 Å². The van der Waals surface area contributed by atoms with Gasteiger partial charge in [-0.2, -0.15) is 11.3 Å². The Morgan fingerprint density at radius 2 is 1.92 bits per heavy atom. The van der Waals surface area contributed by atoms with E-state index in [1.807, 2.05) is 31.6 Å². The fourth-order valence-electron chi connectivity index (χ4n) is 3.08. The molecule has 4 rings (SSSR count). The second-order valence-electron chi connectivity index (χ2n) is 6.25. The Morgan fingerprint density at radius 3 is 2.68 bits per heavy atom. The highest BCUT2D eigenvalue weighted by Crippen LogP contribution is 2.41. The summed E-state index contributed by atoms with van der Waals surface area (Å²) in [5.41, 5.74) is 3.98. The Hall–Kier alpha value is -2.66. The van der Waals surface area contributed by atoms with E-state index < -0.39 is 0 Å². The summed E-state index contributed by atoms with van der Waals surface area (Å²) < 4.78 is 7.97. The quantitative estimate of drug-likeness (QED) is 0.511. The molecule has 2 aromatic heterocycles. The number of benzene rings is 2. The van der Waals surface area contributed by atoms with Gasteiger partial charge in [-0.1, -0.05) is 35.5 Å². The minimum Gasteiger partial charge on any atom is -0.490 e. The van der Waals surface area contributed by atoms with Crippen LogP contribution < -0.4 is 4.74 Å². The van der Waals surface area contributed by atoms with Gasteiger partial charge in [0.05, 0.1) is 11.7 Å². The van der Waals surface area contributed by atoms with Crippen molar-refractivity contribution in [3.8, 4) is 28.3 Å². The molecule has 0 radical (unpaired) electrons. The lowest BCUT2D eigenvalue weighted by Gasteiger charge is -2.17. The molecule has 0 atom stereocenters. The Balaban J connectivity index is 2.05. The van der Waals surface area contributed by atoms with Crippen molar-refractivity contribution >= 4 is 22.1 Å². The molecule has 0 N–H and O–H groups in total. The van der Waals surface area contributed by atoms with Gasteiger partial charge in [0, 0.05) is 18.0 Å². The summed E-state index contributed by atoms with van der Waals surface area (Å²) in [6.45, 7) is 4.08. The molecule has 0 fully saturated rings. The summed E-state index contributed by atoms with van der Waals surface area (Å²) in [4.78, 5) is 0. The molecule has 0 saturated carbocycles. The summed E-state index contributed by atoms with van der Waals surface area (Å²) in [5, 5.41) is 15.2. The second-order valence-corrected chi connectivity index (χ2v) is 7.03. The summed E-state index contributed by atoms with van der Waals surface area (Å²) in [5.74, 6) is 0.857. The highest BCUT2D eigenvalue weighted by atomic mass is 32.1. The highest BCUT2D eigenvalue weighted by Gasteiger charge is 2.21. The normalized spacial score (nSPS) is 11.4. The van der Waals surface area contributed by atoms with Crippen LogP contribution in [-0.4, -0.2) is 21.1 Å². The molecule has 0 aliphatic rings. The van der Waals surface area contributed by atoms with Crippen molar-refractivity contribution in [2.24, 2.45) is 7.05 Å². The molecule has 0 saturated heterocycles. The summed E-state index contributed by atoms with van der Waals surface area (Å²) in [7, 11) is 1.93. The first-order valence-corrected chi connectivity index (χ1v) is 9.20. The number of ether oxygens (including phenoxy) is 1. The molecule has 0 spiro atoms. The summed E-state index contributed by atoms with van der Waals surface area (Å²) >= 11 is 1.66. The minimum atomic E-state index is 0.0886. The van der Waals surface area contributed by atoms with E-state index in [0.717, 1.165) is 33.7 Å². The van der Waals surface area contributed by atoms with Gasteiger partial charge < -0.3 is 4.74 Å². The summed E-state index contributed by atoms with van der Waals surface area (Å²) in [6, 6.07) is 14.6. The maximum absolute atomic E-state index is 6.14. The van der Waals surface area contributed by atoms with E-state index in [0.29, 0.717) is 0 Å². The third kappa shape index (κ3) is 2.81. The smallest absolute Gasteiger partial charge is 0.129 e. The molecule has 0 amide bonds. The molecule has 0 aliphatic heterocycles. The van der Waals surface area contributed by atoms with Gasteiger partial charge in [-0.05, 0) is 42.1 Å². The van der Waals surface area contributed by atoms with Crippen molar-refractivity contribution in [2.75, 3.05) is 0 Å². The molecule has 5 heteroatoms. The Morgan fingerprint density at radius 1 is 1.08 bits per heavy atom. The van der Waals surface area contributed by atoms with Crippen molar-refractivity contribution in [3.63, 3.8) is 0 Å². The fraction of sp³-hybridized carbons (Fsp3) is 0.200. The van der Waals surface area contributed by atoms with Gasteiger partial charge in [0.25, 0.3) is 0 Å². The van der Waals surface area contributed by atoms with E-state index in [1.165, 1.54) is 5.39 Å². The fourth-order valence-corrected chi connectivity index (χ4v) is 3.72. The van der Waals surface area contributed by atoms with Crippen LogP contribution in [0.2, 0.25) is 0 Å². The van der Waals surface area contributed by atoms with Crippen molar-refractivity contribution < 1.29 is 4.74 Å². The third-order valence-corrected chi connectivity index (χ3v) is 4.79. The number of rotatable bonds is 4. The van der Waals surface area contributed by atoms with Crippen LogP contribution in [-0.2, 0) is 7.05 Å². The van der Waals surface area contributed by atoms with Crippen LogP contribution in [0.1, 0.15) is 13.8 Å². The maximum atomic E-state index is 6.14. The molecule has 2 aromatic carbocycles. The SMILES string of the molecule is CC(C)Oc1ccc2ccccc2c1-c1c(-c2ccsc2)nnn1C. The monoisotopic (exact) mass is 349 g/mol. The molecule has 0 bridgehead atoms.